The Morgan fingerprint density at radius 3 is 2.71 bits per heavy atom. The number of hydrogen-bond acceptors (Lipinski definition) is 5. The highest BCUT2D eigenvalue weighted by Crippen LogP contribution is 2.25. The zero-order valence-corrected chi connectivity index (χ0v) is 13.8. The number of hydrogen-bond donors (Lipinski definition) is 1. The molecule has 0 saturated carbocycles. The van der Waals surface area contributed by atoms with Crippen molar-refractivity contribution in [2.24, 2.45) is 5.73 Å². The van der Waals surface area contributed by atoms with Crippen LogP contribution in [0.5, 0.6) is 5.75 Å². The Bertz CT molecular complexity index is 546. The fourth-order valence-corrected chi connectivity index (χ4v) is 4.89. The van der Waals surface area contributed by atoms with E-state index in [0.717, 1.165) is 12.2 Å². The lowest BCUT2D eigenvalue weighted by molar-refractivity contribution is 0.313. The van der Waals surface area contributed by atoms with Crippen molar-refractivity contribution in [1.29, 1.82) is 0 Å². The first-order chi connectivity index (χ1) is 10.0. The largest absolute Gasteiger partial charge is 0.494 e. The van der Waals surface area contributed by atoms with E-state index in [1.807, 2.05) is 11.8 Å². The molecule has 0 bridgehead atoms. The van der Waals surface area contributed by atoms with Crippen molar-refractivity contribution in [3.63, 3.8) is 0 Å². The average molecular weight is 330 g/mol. The summed E-state index contributed by atoms with van der Waals surface area (Å²) >= 11 is 1.81. The standard InChI is InChI=1S/C14H22N2O3S2/c1-12-11-16(8-10-20-12)21(17,18)14-5-3-13(4-6-14)19-9-2-7-15/h3-6,12H,2,7-11,15H2,1H3. The lowest BCUT2D eigenvalue weighted by Crippen LogP contribution is -2.40. The van der Waals surface area contributed by atoms with Crippen LogP contribution in [0.15, 0.2) is 29.2 Å². The van der Waals surface area contributed by atoms with Crippen LogP contribution in [0, 0.1) is 0 Å². The van der Waals surface area contributed by atoms with Crippen LogP contribution in [-0.4, -0.2) is 50.0 Å². The monoisotopic (exact) mass is 330 g/mol. The summed E-state index contributed by atoms with van der Waals surface area (Å²) < 4.78 is 32.2. The zero-order valence-electron chi connectivity index (χ0n) is 12.2. The minimum Gasteiger partial charge on any atom is -0.494 e. The molecule has 1 aliphatic rings. The molecule has 2 N–H and O–H groups in total. The molecule has 0 spiro atoms. The van der Waals surface area contributed by atoms with Crippen LogP contribution in [0.3, 0.4) is 0 Å². The molecule has 0 radical (unpaired) electrons. The number of benzene rings is 1. The van der Waals surface area contributed by atoms with Crippen LogP contribution >= 0.6 is 11.8 Å². The Hall–Kier alpha value is -0.760. The highest BCUT2D eigenvalue weighted by Gasteiger charge is 2.28. The summed E-state index contributed by atoms with van der Waals surface area (Å²) in [5.74, 6) is 1.52. The molecule has 1 saturated heterocycles. The van der Waals surface area contributed by atoms with E-state index in [2.05, 4.69) is 6.92 Å². The number of sulfonamides is 1. The predicted molar refractivity (Wildman–Crippen MR) is 86.3 cm³/mol. The molecule has 0 aromatic heterocycles. The van der Waals surface area contributed by atoms with Crippen molar-refractivity contribution in [2.75, 3.05) is 32.0 Å². The molecule has 1 aliphatic heterocycles. The Balaban J connectivity index is 2.06. The molecule has 0 aliphatic carbocycles. The van der Waals surface area contributed by atoms with Gasteiger partial charge in [-0.1, -0.05) is 6.92 Å². The molecule has 21 heavy (non-hydrogen) atoms. The van der Waals surface area contributed by atoms with E-state index >= 15 is 0 Å². The maximum Gasteiger partial charge on any atom is 0.243 e. The maximum atomic E-state index is 12.6. The van der Waals surface area contributed by atoms with Gasteiger partial charge in [-0.05, 0) is 37.2 Å². The molecular weight excluding hydrogens is 308 g/mol. The van der Waals surface area contributed by atoms with E-state index in [0.29, 0.717) is 42.1 Å². The minimum atomic E-state index is -3.39. The zero-order chi connectivity index (χ0) is 15.3. The summed E-state index contributed by atoms with van der Waals surface area (Å²) in [4.78, 5) is 0.327. The summed E-state index contributed by atoms with van der Waals surface area (Å²) in [6.07, 6.45) is 0.781. The van der Waals surface area contributed by atoms with Gasteiger partial charge in [-0.15, -0.1) is 0 Å². The Morgan fingerprint density at radius 2 is 2.10 bits per heavy atom. The fourth-order valence-electron chi connectivity index (χ4n) is 2.14. The van der Waals surface area contributed by atoms with Gasteiger partial charge in [0.05, 0.1) is 11.5 Å². The van der Waals surface area contributed by atoms with Crippen molar-refractivity contribution in [1.82, 2.24) is 4.31 Å². The lowest BCUT2D eigenvalue weighted by Gasteiger charge is -2.29. The Kier molecular flexibility index (Phi) is 5.92. The van der Waals surface area contributed by atoms with E-state index in [1.54, 1.807) is 28.6 Å². The van der Waals surface area contributed by atoms with Crippen molar-refractivity contribution >= 4 is 21.8 Å². The topological polar surface area (TPSA) is 72.6 Å². The molecule has 1 heterocycles. The summed E-state index contributed by atoms with van der Waals surface area (Å²) in [5, 5.41) is 0.340. The van der Waals surface area contributed by atoms with Crippen molar-refractivity contribution in [2.45, 2.75) is 23.5 Å². The summed E-state index contributed by atoms with van der Waals surface area (Å²) in [5.41, 5.74) is 5.40. The van der Waals surface area contributed by atoms with E-state index < -0.39 is 10.0 Å². The first-order valence-electron chi connectivity index (χ1n) is 7.08. The maximum absolute atomic E-state index is 12.6. The van der Waals surface area contributed by atoms with Crippen molar-refractivity contribution in [3.05, 3.63) is 24.3 Å². The van der Waals surface area contributed by atoms with Gasteiger partial charge in [0.1, 0.15) is 5.75 Å². The van der Waals surface area contributed by atoms with Gasteiger partial charge in [0.25, 0.3) is 0 Å². The summed E-state index contributed by atoms with van der Waals surface area (Å²) in [6.45, 7) is 4.33. The predicted octanol–water partition coefficient (Wildman–Crippen LogP) is 1.54. The second kappa shape index (κ2) is 7.49. The van der Waals surface area contributed by atoms with E-state index in [4.69, 9.17) is 10.5 Å². The van der Waals surface area contributed by atoms with Crippen LogP contribution in [0.4, 0.5) is 0 Å². The summed E-state index contributed by atoms with van der Waals surface area (Å²) in [6, 6.07) is 6.62. The van der Waals surface area contributed by atoms with Gasteiger partial charge in [0.15, 0.2) is 0 Å². The van der Waals surface area contributed by atoms with E-state index in [-0.39, 0.29) is 0 Å². The Morgan fingerprint density at radius 1 is 1.38 bits per heavy atom. The second-order valence-electron chi connectivity index (χ2n) is 5.01. The van der Waals surface area contributed by atoms with Gasteiger partial charge < -0.3 is 10.5 Å². The Labute approximate surface area is 130 Å². The van der Waals surface area contributed by atoms with Crippen LogP contribution in [0.1, 0.15) is 13.3 Å². The molecule has 2 rings (SSSR count). The highest BCUT2D eigenvalue weighted by atomic mass is 32.2. The van der Waals surface area contributed by atoms with Gasteiger partial charge in [0.2, 0.25) is 10.0 Å². The van der Waals surface area contributed by atoms with E-state index in [9.17, 15) is 8.42 Å². The molecule has 1 aromatic rings. The van der Waals surface area contributed by atoms with Crippen LogP contribution < -0.4 is 10.5 Å². The van der Waals surface area contributed by atoms with Gasteiger partial charge in [-0.25, -0.2) is 8.42 Å². The first kappa shape index (κ1) is 16.6. The third-order valence-electron chi connectivity index (χ3n) is 3.28. The molecule has 0 amide bonds. The first-order valence-corrected chi connectivity index (χ1v) is 9.57. The molecular formula is C14H22N2O3S2. The van der Waals surface area contributed by atoms with Crippen LogP contribution in [-0.2, 0) is 10.0 Å². The quantitative estimate of drug-likeness (QED) is 0.801. The molecule has 7 heteroatoms. The third kappa shape index (κ3) is 4.35. The number of thioether (sulfide) groups is 1. The molecule has 1 atom stereocenters. The van der Waals surface area contributed by atoms with Crippen LogP contribution in [0.25, 0.3) is 0 Å². The van der Waals surface area contributed by atoms with Gasteiger partial charge in [0, 0.05) is 24.1 Å². The fraction of sp³-hybridized carbons (Fsp3) is 0.571. The van der Waals surface area contributed by atoms with Crippen molar-refractivity contribution < 1.29 is 13.2 Å². The minimum absolute atomic E-state index is 0.327. The molecule has 5 nitrogen and oxygen atoms in total. The smallest absolute Gasteiger partial charge is 0.243 e. The summed E-state index contributed by atoms with van der Waals surface area (Å²) in [7, 11) is -3.39. The lowest BCUT2D eigenvalue weighted by atomic mass is 10.3. The number of rotatable bonds is 6. The number of nitrogens with zero attached hydrogens (tertiary/aromatic N) is 1. The average Bonchev–Trinajstić information content (AvgIpc) is 2.48. The van der Waals surface area contributed by atoms with Gasteiger partial charge in [-0.2, -0.15) is 16.1 Å². The molecule has 1 fully saturated rings. The van der Waals surface area contributed by atoms with Gasteiger partial charge in [-0.3, -0.25) is 0 Å². The second-order valence-corrected chi connectivity index (χ2v) is 8.49. The SMILES string of the molecule is CC1CN(S(=O)(=O)c2ccc(OCCCN)cc2)CCS1. The third-order valence-corrected chi connectivity index (χ3v) is 6.30. The number of nitrogens with two attached hydrogens (primary N) is 1. The van der Waals surface area contributed by atoms with Crippen LogP contribution in [0.2, 0.25) is 0 Å². The van der Waals surface area contributed by atoms with E-state index in [1.165, 1.54) is 0 Å². The molecule has 1 unspecified atom stereocenters. The normalized spacial score (nSPS) is 20.4. The molecule has 118 valence electrons. The number of ether oxygens (including phenoxy) is 1. The highest BCUT2D eigenvalue weighted by molar-refractivity contribution is 8.00. The molecule has 1 aromatic carbocycles. The van der Waals surface area contributed by atoms with Crippen molar-refractivity contribution in [3.8, 4) is 5.75 Å². The van der Waals surface area contributed by atoms with Gasteiger partial charge >= 0.3 is 0 Å².